The molecule has 0 heterocycles. The normalized spacial score (nSPS) is 10.9. The average Bonchev–Trinajstić information content (AvgIpc) is 2.47. The molecule has 0 atom stereocenters. The highest BCUT2D eigenvalue weighted by Gasteiger charge is 2.14. The van der Waals surface area contributed by atoms with Gasteiger partial charge in [0.25, 0.3) is 0 Å². The van der Waals surface area contributed by atoms with E-state index in [-0.39, 0.29) is 12.5 Å². The van der Waals surface area contributed by atoms with Crippen LogP contribution < -0.4 is 0 Å². The molecular formula is C16H26N2O3. The van der Waals surface area contributed by atoms with E-state index >= 15 is 0 Å². The summed E-state index contributed by atoms with van der Waals surface area (Å²) in [5.74, 6) is 0.0418. The molecule has 1 rings (SSSR count). The third kappa shape index (κ3) is 6.71. The zero-order valence-corrected chi connectivity index (χ0v) is 13.2. The Labute approximate surface area is 127 Å². The Bertz CT molecular complexity index is 420. The van der Waals surface area contributed by atoms with Crippen molar-refractivity contribution < 1.29 is 14.6 Å². The van der Waals surface area contributed by atoms with Crippen LogP contribution in [0.5, 0.6) is 0 Å². The number of aryl methyl sites for hydroxylation is 1. The Morgan fingerprint density at radius 3 is 2.48 bits per heavy atom. The Morgan fingerprint density at radius 1 is 1.24 bits per heavy atom. The van der Waals surface area contributed by atoms with Crippen LogP contribution in [-0.4, -0.2) is 67.8 Å². The number of amides is 1. The van der Waals surface area contributed by atoms with Crippen LogP contribution in [0.1, 0.15) is 11.1 Å². The number of nitrogens with zero attached hydrogens (tertiary/aromatic N) is 2. The van der Waals surface area contributed by atoms with Crippen LogP contribution in [0.15, 0.2) is 24.3 Å². The van der Waals surface area contributed by atoms with E-state index in [1.807, 2.05) is 36.1 Å². The van der Waals surface area contributed by atoms with Crippen LogP contribution in [0.3, 0.4) is 0 Å². The summed E-state index contributed by atoms with van der Waals surface area (Å²) in [5.41, 5.74) is 2.32. The van der Waals surface area contributed by atoms with E-state index in [9.17, 15) is 4.79 Å². The standard InChI is InChI=1S/C16H26N2O3/c1-14-4-6-15(7-5-14)12-17(2)16(20)13-18(8-10-19)9-11-21-3/h4-7,19H,8-13H2,1-3H3. The predicted octanol–water partition coefficient (Wildman–Crippen LogP) is 0.894. The highest BCUT2D eigenvalue weighted by Crippen LogP contribution is 2.06. The van der Waals surface area contributed by atoms with Gasteiger partial charge in [-0.15, -0.1) is 0 Å². The largest absolute Gasteiger partial charge is 0.395 e. The summed E-state index contributed by atoms with van der Waals surface area (Å²) < 4.78 is 5.02. The molecule has 0 spiro atoms. The van der Waals surface area contributed by atoms with Gasteiger partial charge in [-0.05, 0) is 12.5 Å². The first-order valence-electron chi connectivity index (χ1n) is 7.18. The molecule has 0 radical (unpaired) electrons. The van der Waals surface area contributed by atoms with Gasteiger partial charge in [0, 0.05) is 33.8 Å². The molecule has 0 unspecified atom stereocenters. The molecule has 0 bridgehead atoms. The highest BCUT2D eigenvalue weighted by molar-refractivity contribution is 5.78. The van der Waals surface area contributed by atoms with Gasteiger partial charge in [0.05, 0.1) is 19.8 Å². The predicted molar refractivity (Wildman–Crippen MR) is 83.1 cm³/mol. The summed E-state index contributed by atoms with van der Waals surface area (Å²) in [7, 11) is 3.43. The van der Waals surface area contributed by atoms with Crippen molar-refractivity contribution in [3.05, 3.63) is 35.4 Å². The van der Waals surface area contributed by atoms with Crippen LogP contribution in [-0.2, 0) is 16.1 Å². The van der Waals surface area contributed by atoms with Gasteiger partial charge in [-0.25, -0.2) is 0 Å². The molecule has 0 aliphatic carbocycles. The third-order valence-electron chi connectivity index (χ3n) is 3.35. The number of rotatable bonds is 9. The molecule has 1 aromatic carbocycles. The molecule has 0 saturated carbocycles. The van der Waals surface area contributed by atoms with Crippen LogP contribution in [0.2, 0.25) is 0 Å². The minimum absolute atomic E-state index is 0.0403. The lowest BCUT2D eigenvalue weighted by molar-refractivity contribution is -0.131. The van der Waals surface area contributed by atoms with Crippen molar-refractivity contribution in [1.82, 2.24) is 9.80 Å². The number of likely N-dealkylation sites (N-methyl/N-ethyl adjacent to an activating group) is 1. The van der Waals surface area contributed by atoms with Crippen molar-refractivity contribution in [1.29, 1.82) is 0 Å². The Balaban J connectivity index is 2.49. The zero-order valence-electron chi connectivity index (χ0n) is 13.2. The molecule has 0 aliphatic heterocycles. The molecule has 118 valence electrons. The van der Waals surface area contributed by atoms with E-state index in [2.05, 4.69) is 0 Å². The SMILES string of the molecule is COCCN(CCO)CC(=O)N(C)Cc1ccc(C)cc1. The smallest absolute Gasteiger partial charge is 0.236 e. The monoisotopic (exact) mass is 294 g/mol. The summed E-state index contributed by atoms with van der Waals surface area (Å²) in [5, 5.41) is 9.04. The molecule has 1 amide bonds. The summed E-state index contributed by atoms with van der Waals surface area (Å²) in [4.78, 5) is 15.8. The lowest BCUT2D eigenvalue weighted by Crippen LogP contribution is -2.40. The molecule has 0 aromatic heterocycles. The second-order valence-corrected chi connectivity index (χ2v) is 5.23. The molecule has 1 N–H and O–H groups in total. The number of aliphatic hydroxyl groups excluding tert-OH is 1. The Hall–Kier alpha value is -1.43. The van der Waals surface area contributed by atoms with E-state index in [1.54, 1.807) is 19.1 Å². The second-order valence-electron chi connectivity index (χ2n) is 5.23. The Kier molecular flexibility index (Phi) is 7.97. The van der Waals surface area contributed by atoms with Crippen molar-refractivity contribution >= 4 is 5.91 Å². The van der Waals surface area contributed by atoms with Gasteiger partial charge in [0.1, 0.15) is 0 Å². The van der Waals surface area contributed by atoms with Gasteiger partial charge in [-0.1, -0.05) is 29.8 Å². The number of methoxy groups -OCH3 is 1. The summed E-state index contributed by atoms with van der Waals surface area (Å²) in [6.45, 7) is 4.64. The number of hydrogen-bond acceptors (Lipinski definition) is 4. The lowest BCUT2D eigenvalue weighted by atomic mass is 10.1. The fourth-order valence-corrected chi connectivity index (χ4v) is 2.00. The van der Waals surface area contributed by atoms with Crippen LogP contribution >= 0.6 is 0 Å². The quantitative estimate of drug-likeness (QED) is 0.735. The van der Waals surface area contributed by atoms with E-state index in [4.69, 9.17) is 9.84 Å². The molecule has 1 aromatic rings. The molecular weight excluding hydrogens is 268 g/mol. The lowest BCUT2D eigenvalue weighted by Gasteiger charge is -2.24. The number of hydrogen-bond donors (Lipinski definition) is 1. The molecule has 5 heteroatoms. The molecule has 5 nitrogen and oxygen atoms in total. The van der Waals surface area contributed by atoms with Crippen LogP contribution in [0.4, 0.5) is 0 Å². The van der Waals surface area contributed by atoms with Gasteiger partial charge < -0.3 is 14.7 Å². The van der Waals surface area contributed by atoms with Gasteiger partial charge in [0.2, 0.25) is 5.91 Å². The number of aliphatic hydroxyl groups is 1. The molecule has 0 aliphatic rings. The zero-order chi connectivity index (χ0) is 15.7. The van der Waals surface area contributed by atoms with E-state index in [1.165, 1.54) is 5.56 Å². The number of benzene rings is 1. The first-order chi connectivity index (χ1) is 10.1. The van der Waals surface area contributed by atoms with E-state index in [0.29, 0.717) is 32.8 Å². The van der Waals surface area contributed by atoms with Crippen LogP contribution in [0, 0.1) is 6.92 Å². The summed E-state index contributed by atoms with van der Waals surface area (Å²) in [6, 6.07) is 8.17. The van der Waals surface area contributed by atoms with Crippen molar-refractivity contribution in [3.8, 4) is 0 Å². The first kappa shape index (κ1) is 17.6. The number of ether oxygens (including phenoxy) is 1. The molecule has 21 heavy (non-hydrogen) atoms. The fourth-order valence-electron chi connectivity index (χ4n) is 2.00. The van der Waals surface area contributed by atoms with Crippen molar-refractivity contribution in [3.63, 3.8) is 0 Å². The third-order valence-corrected chi connectivity index (χ3v) is 3.35. The highest BCUT2D eigenvalue weighted by atomic mass is 16.5. The maximum Gasteiger partial charge on any atom is 0.236 e. The summed E-state index contributed by atoms with van der Waals surface area (Å²) >= 11 is 0. The van der Waals surface area contributed by atoms with Gasteiger partial charge in [-0.3, -0.25) is 9.69 Å². The molecule has 0 fully saturated rings. The maximum absolute atomic E-state index is 12.2. The molecule has 0 saturated heterocycles. The topological polar surface area (TPSA) is 53.0 Å². The van der Waals surface area contributed by atoms with E-state index < -0.39 is 0 Å². The van der Waals surface area contributed by atoms with Gasteiger partial charge in [0.15, 0.2) is 0 Å². The number of carbonyl (C=O) groups is 1. The van der Waals surface area contributed by atoms with Crippen molar-refractivity contribution in [2.75, 3.05) is 47.0 Å². The van der Waals surface area contributed by atoms with Gasteiger partial charge >= 0.3 is 0 Å². The fraction of sp³-hybridized carbons (Fsp3) is 0.562. The number of carbonyl (C=O) groups excluding carboxylic acids is 1. The Morgan fingerprint density at radius 2 is 1.90 bits per heavy atom. The second kappa shape index (κ2) is 9.50. The first-order valence-corrected chi connectivity index (χ1v) is 7.18. The summed E-state index contributed by atoms with van der Waals surface area (Å²) in [6.07, 6.45) is 0. The van der Waals surface area contributed by atoms with Crippen molar-refractivity contribution in [2.24, 2.45) is 0 Å². The van der Waals surface area contributed by atoms with E-state index in [0.717, 1.165) is 5.56 Å². The minimum Gasteiger partial charge on any atom is -0.395 e. The maximum atomic E-state index is 12.2. The van der Waals surface area contributed by atoms with Crippen LogP contribution in [0.25, 0.3) is 0 Å². The van der Waals surface area contributed by atoms with Gasteiger partial charge in [-0.2, -0.15) is 0 Å². The average molecular weight is 294 g/mol. The minimum atomic E-state index is 0.0403. The van der Waals surface area contributed by atoms with Crippen molar-refractivity contribution in [2.45, 2.75) is 13.5 Å².